The number of benzene rings is 2. The summed E-state index contributed by atoms with van der Waals surface area (Å²) in [4.78, 5) is 27.0. The molecule has 0 saturated carbocycles. The molecule has 0 unspecified atom stereocenters. The van der Waals surface area contributed by atoms with E-state index < -0.39 is 6.09 Å². The van der Waals surface area contributed by atoms with Gasteiger partial charge in [0.05, 0.1) is 48.5 Å². The Morgan fingerprint density at radius 2 is 1.85 bits per heavy atom. The van der Waals surface area contributed by atoms with Gasteiger partial charge in [0.15, 0.2) is 0 Å². The maximum Gasteiger partial charge on any atom is 0.407 e. The van der Waals surface area contributed by atoms with Crippen molar-refractivity contribution in [1.29, 1.82) is 0 Å². The zero-order chi connectivity index (χ0) is 28.1. The highest BCUT2D eigenvalue weighted by molar-refractivity contribution is 5.81. The summed E-state index contributed by atoms with van der Waals surface area (Å²) in [5, 5.41) is 19.7. The van der Waals surface area contributed by atoms with E-state index in [0.717, 1.165) is 10.9 Å². The lowest BCUT2D eigenvalue weighted by Gasteiger charge is -2.23. The van der Waals surface area contributed by atoms with Crippen LogP contribution < -0.4 is 5.69 Å². The van der Waals surface area contributed by atoms with Crippen LogP contribution in [0.15, 0.2) is 53.7 Å². The van der Waals surface area contributed by atoms with Gasteiger partial charge in [0, 0.05) is 43.4 Å². The van der Waals surface area contributed by atoms with Crippen molar-refractivity contribution in [3.05, 3.63) is 87.6 Å². The van der Waals surface area contributed by atoms with E-state index in [1.807, 2.05) is 22.9 Å². The summed E-state index contributed by atoms with van der Waals surface area (Å²) < 4.78 is 26.1. The first-order valence-electron chi connectivity index (χ1n) is 12.9. The molecule has 1 aliphatic heterocycles. The SMILES string of the molecule is COCCn1ncc2cc(-n3ccn(-c4c5c(nn4-c4cc(C)c(F)c(C)c4)CCN(C(=O)O)C5)c3=O)ccc21. The molecule has 2 aromatic carbocycles. The molecule has 0 radical (unpaired) electrons. The van der Waals surface area contributed by atoms with Crippen LogP contribution in [0.4, 0.5) is 9.18 Å². The number of hydrogen-bond donors (Lipinski definition) is 1. The third-order valence-electron chi connectivity index (χ3n) is 7.36. The molecular formula is C28H28FN7O4. The lowest BCUT2D eigenvalue weighted by Crippen LogP contribution is -2.35. The summed E-state index contributed by atoms with van der Waals surface area (Å²) in [6.45, 7) is 4.89. The Balaban J connectivity index is 1.49. The summed E-state index contributed by atoms with van der Waals surface area (Å²) in [6, 6.07) is 9.01. The molecule has 5 aromatic rings. The summed E-state index contributed by atoms with van der Waals surface area (Å²) in [6.07, 6.45) is 4.43. The Bertz CT molecular complexity index is 1810. The van der Waals surface area contributed by atoms with E-state index in [4.69, 9.17) is 9.84 Å². The lowest BCUT2D eigenvalue weighted by atomic mass is 10.1. The number of aromatic nitrogens is 6. The molecule has 0 fully saturated rings. The molecule has 1 aliphatic rings. The van der Waals surface area contributed by atoms with Crippen molar-refractivity contribution in [3.8, 4) is 17.2 Å². The third-order valence-corrected chi connectivity index (χ3v) is 7.36. The molecule has 1 amide bonds. The standard InChI is InChI=1S/C28H28FN7O4/c1-17-12-21(13-18(2)25(17)29)36-26(22-16-32(28(38)39)7-6-23(22)31-36)34-9-8-33(27(34)37)20-4-5-24-19(14-20)15-30-35(24)10-11-40-3/h4-5,8-9,12-15H,6-7,10-11,16H2,1-3H3,(H,38,39). The van der Waals surface area contributed by atoms with Gasteiger partial charge in [0.1, 0.15) is 11.6 Å². The van der Waals surface area contributed by atoms with Crippen LogP contribution in [-0.4, -0.2) is 65.1 Å². The van der Waals surface area contributed by atoms with Crippen molar-refractivity contribution in [2.75, 3.05) is 20.3 Å². The van der Waals surface area contributed by atoms with E-state index in [1.165, 1.54) is 14.0 Å². The van der Waals surface area contributed by atoms with Crippen LogP contribution in [0.25, 0.3) is 28.1 Å². The van der Waals surface area contributed by atoms with Crippen LogP contribution >= 0.6 is 0 Å². The topological polar surface area (TPSA) is 112 Å². The van der Waals surface area contributed by atoms with Gasteiger partial charge in [-0.15, -0.1) is 0 Å². The molecule has 1 N–H and O–H groups in total. The van der Waals surface area contributed by atoms with Gasteiger partial charge in [-0.25, -0.2) is 18.7 Å². The second kappa shape index (κ2) is 9.79. The Kier molecular flexibility index (Phi) is 6.26. The number of halogens is 1. The number of nitrogens with zero attached hydrogens (tertiary/aromatic N) is 7. The summed E-state index contributed by atoms with van der Waals surface area (Å²) >= 11 is 0. The molecule has 40 heavy (non-hydrogen) atoms. The monoisotopic (exact) mass is 545 g/mol. The molecule has 0 atom stereocenters. The molecular weight excluding hydrogens is 517 g/mol. The number of methoxy groups -OCH3 is 1. The Hall–Kier alpha value is -4.71. The van der Waals surface area contributed by atoms with E-state index in [1.54, 1.807) is 56.4 Å². The smallest absolute Gasteiger partial charge is 0.407 e. The summed E-state index contributed by atoms with van der Waals surface area (Å²) in [5.41, 5.74) is 4.07. The Morgan fingerprint density at radius 1 is 1.10 bits per heavy atom. The van der Waals surface area contributed by atoms with Gasteiger partial charge < -0.3 is 14.7 Å². The average molecular weight is 546 g/mol. The number of fused-ring (bicyclic) bond motifs is 2. The molecule has 206 valence electrons. The predicted molar refractivity (Wildman–Crippen MR) is 145 cm³/mol. The first kappa shape index (κ1) is 25.6. The van der Waals surface area contributed by atoms with Crippen LogP contribution in [-0.2, 0) is 24.2 Å². The highest BCUT2D eigenvalue weighted by Gasteiger charge is 2.30. The van der Waals surface area contributed by atoms with Crippen LogP contribution in [0.1, 0.15) is 22.4 Å². The van der Waals surface area contributed by atoms with Crippen LogP contribution in [0, 0.1) is 19.7 Å². The minimum absolute atomic E-state index is 0.0867. The largest absolute Gasteiger partial charge is 0.465 e. The quantitative estimate of drug-likeness (QED) is 0.349. The molecule has 0 saturated heterocycles. The molecule has 0 aliphatic carbocycles. The maximum absolute atomic E-state index is 14.5. The fraction of sp³-hybridized carbons (Fsp3) is 0.286. The van der Waals surface area contributed by atoms with Crippen molar-refractivity contribution in [2.45, 2.75) is 33.4 Å². The number of carboxylic acid groups (broad SMARTS) is 1. The minimum atomic E-state index is -1.04. The first-order chi connectivity index (χ1) is 19.3. The number of ether oxygens (including phenoxy) is 1. The lowest BCUT2D eigenvalue weighted by molar-refractivity contribution is 0.140. The van der Waals surface area contributed by atoms with Crippen molar-refractivity contribution >= 4 is 17.0 Å². The fourth-order valence-electron chi connectivity index (χ4n) is 5.31. The van der Waals surface area contributed by atoms with Gasteiger partial charge >= 0.3 is 11.8 Å². The van der Waals surface area contributed by atoms with Gasteiger partial charge in [-0.2, -0.15) is 10.2 Å². The van der Waals surface area contributed by atoms with E-state index in [-0.39, 0.29) is 18.1 Å². The zero-order valence-corrected chi connectivity index (χ0v) is 22.3. The van der Waals surface area contributed by atoms with Crippen LogP contribution in [0.3, 0.4) is 0 Å². The normalized spacial score (nSPS) is 13.2. The van der Waals surface area contributed by atoms with E-state index in [2.05, 4.69) is 5.10 Å². The Morgan fingerprint density at radius 3 is 2.58 bits per heavy atom. The van der Waals surface area contributed by atoms with Gasteiger partial charge in [-0.1, -0.05) is 0 Å². The molecule has 11 nitrogen and oxygen atoms in total. The van der Waals surface area contributed by atoms with Gasteiger partial charge in [0.25, 0.3) is 0 Å². The highest BCUT2D eigenvalue weighted by atomic mass is 19.1. The summed E-state index contributed by atoms with van der Waals surface area (Å²) in [7, 11) is 1.64. The van der Waals surface area contributed by atoms with Crippen molar-refractivity contribution in [3.63, 3.8) is 0 Å². The first-order valence-corrected chi connectivity index (χ1v) is 12.9. The van der Waals surface area contributed by atoms with Gasteiger partial charge in [0.2, 0.25) is 0 Å². The summed E-state index contributed by atoms with van der Waals surface area (Å²) in [5.74, 6) is 0.132. The second-order valence-electron chi connectivity index (χ2n) is 9.93. The van der Waals surface area contributed by atoms with Crippen LogP contribution in [0.5, 0.6) is 0 Å². The molecule has 0 bridgehead atoms. The minimum Gasteiger partial charge on any atom is -0.465 e. The number of hydrogen-bond acceptors (Lipinski definition) is 5. The van der Waals surface area contributed by atoms with Gasteiger partial charge in [-0.05, 0) is 55.3 Å². The molecule has 0 spiro atoms. The number of amides is 1. The van der Waals surface area contributed by atoms with E-state index >= 15 is 0 Å². The molecule has 6 rings (SSSR count). The molecule has 12 heteroatoms. The van der Waals surface area contributed by atoms with Crippen molar-refractivity contribution in [1.82, 2.24) is 33.6 Å². The van der Waals surface area contributed by atoms with E-state index in [9.17, 15) is 19.1 Å². The second-order valence-corrected chi connectivity index (χ2v) is 9.93. The highest BCUT2D eigenvalue weighted by Crippen LogP contribution is 2.29. The Labute approximate surface area is 228 Å². The van der Waals surface area contributed by atoms with Crippen molar-refractivity contribution in [2.24, 2.45) is 0 Å². The number of aryl methyl sites for hydroxylation is 2. The third kappa shape index (κ3) is 4.16. The predicted octanol–water partition coefficient (Wildman–Crippen LogP) is 3.60. The number of carbonyl (C=O) groups is 1. The van der Waals surface area contributed by atoms with Crippen molar-refractivity contribution < 1.29 is 19.0 Å². The molecule has 4 heterocycles. The zero-order valence-electron chi connectivity index (χ0n) is 22.3. The molecule has 3 aromatic heterocycles. The van der Waals surface area contributed by atoms with Gasteiger partial charge in [-0.3, -0.25) is 13.8 Å². The number of rotatable bonds is 6. The number of imidazole rings is 1. The maximum atomic E-state index is 14.5. The van der Waals surface area contributed by atoms with Crippen LogP contribution in [0.2, 0.25) is 0 Å². The van der Waals surface area contributed by atoms with E-state index in [0.29, 0.717) is 65.7 Å². The average Bonchev–Trinajstić information content (AvgIpc) is 3.63. The fourth-order valence-corrected chi connectivity index (χ4v) is 5.31.